The Morgan fingerprint density at radius 1 is 0.789 bits per heavy atom. The summed E-state index contributed by atoms with van der Waals surface area (Å²) >= 11 is 0. The van der Waals surface area contributed by atoms with Crippen molar-refractivity contribution in [3.05, 3.63) is 60.7 Å². The monoisotopic (exact) mass is 270 g/mol. The SMILES string of the molecule is CC(C)(C)C(=O)P(c1ccccc1)c1ccccc1. The minimum absolute atomic E-state index is 0.319. The van der Waals surface area contributed by atoms with Crippen molar-refractivity contribution >= 4 is 24.1 Å². The predicted molar refractivity (Wildman–Crippen MR) is 83.5 cm³/mol. The first kappa shape index (κ1) is 14.0. The van der Waals surface area contributed by atoms with Crippen molar-refractivity contribution in [1.29, 1.82) is 0 Å². The summed E-state index contributed by atoms with van der Waals surface area (Å²) in [5, 5.41) is 2.26. The molecule has 0 saturated heterocycles. The summed E-state index contributed by atoms with van der Waals surface area (Å²) in [7, 11) is -0.939. The zero-order valence-electron chi connectivity index (χ0n) is 11.6. The van der Waals surface area contributed by atoms with E-state index >= 15 is 0 Å². The third-order valence-corrected chi connectivity index (χ3v) is 5.58. The molecule has 1 nitrogen and oxygen atoms in total. The highest BCUT2D eigenvalue weighted by molar-refractivity contribution is 7.87. The van der Waals surface area contributed by atoms with Crippen molar-refractivity contribution in [2.75, 3.05) is 0 Å². The molecule has 0 aliphatic carbocycles. The molecule has 0 spiro atoms. The molecule has 0 aliphatic rings. The smallest absolute Gasteiger partial charge is 0.168 e. The highest BCUT2D eigenvalue weighted by atomic mass is 31.1. The van der Waals surface area contributed by atoms with Gasteiger partial charge < -0.3 is 0 Å². The van der Waals surface area contributed by atoms with E-state index in [0.29, 0.717) is 5.52 Å². The van der Waals surface area contributed by atoms with E-state index in [-0.39, 0.29) is 5.41 Å². The Morgan fingerprint density at radius 3 is 1.47 bits per heavy atom. The molecule has 0 aromatic heterocycles. The normalized spacial score (nSPS) is 11.6. The molecule has 0 fully saturated rings. The van der Waals surface area contributed by atoms with Gasteiger partial charge in [-0.3, -0.25) is 4.79 Å². The van der Waals surface area contributed by atoms with Crippen LogP contribution in [0, 0.1) is 5.41 Å². The van der Waals surface area contributed by atoms with E-state index in [9.17, 15) is 4.79 Å². The summed E-state index contributed by atoms with van der Waals surface area (Å²) in [6.45, 7) is 5.99. The first-order valence-electron chi connectivity index (χ1n) is 6.45. The number of carbonyl (C=O) groups is 1. The number of rotatable bonds is 3. The van der Waals surface area contributed by atoms with Gasteiger partial charge in [0, 0.05) is 13.3 Å². The minimum atomic E-state index is -0.939. The second-order valence-electron chi connectivity index (χ2n) is 5.56. The molecule has 0 unspecified atom stereocenters. The van der Waals surface area contributed by atoms with Gasteiger partial charge in [-0.2, -0.15) is 0 Å². The summed E-state index contributed by atoms with van der Waals surface area (Å²) < 4.78 is 0. The van der Waals surface area contributed by atoms with E-state index in [0.717, 1.165) is 10.6 Å². The van der Waals surface area contributed by atoms with Crippen molar-refractivity contribution in [3.8, 4) is 0 Å². The molecule has 2 aromatic carbocycles. The summed E-state index contributed by atoms with van der Waals surface area (Å²) in [6, 6.07) is 20.2. The Bertz CT molecular complexity index is 501. The lowest BCUT2D eigenvalue weighted by atomic mass is 9.99. The first-order valence-corrected chi connectivity index (χ1v) is 7.79. The summed E-state index contributed by atoms with van der Waals surface area (Å²) in [5.74, 6) is 0. The second kappa shape index (κ2) is 5.67. The molecule has 0 radical (unpaired) electrons. The quantitative estimate of drug-likeness (QED) is 0.777. The van der Waals surface area contributed by atoms with E-state index < -0.39 is 7.92 Å². The molecule has 0 atom stereocenters. The van der Waals surface area contributed by atoms with Gasteiger partial charge in [0.2, 0.25) is 0 Å². The predicted octanol–water partition coefficient (Wildman–Crippen LogP) is 3.69. The van der Waals surface area contributed by atoms with E-state index in [2.05, 4.69) is 24.3 Å². The van der Waals surface area contributed by atoms with Crippen LogP contribution in [0.2, 0.25) is 0 Å². The molecular weight excluding hydrogens is 251 g/mol. The minimum Gasteiger partial charge on any atom is -0.293 e. The van der Waals surface area contributed by atoms with Crippen molar-refractivity contribution in [3.63, 3.8) is 0 Å². The van der Waals surface area contributed by atoms with E-state index in [1.807, 2.05) is 57.2 Å². The van der Waals surface area contributed by atoms with Gasteiger partial charge in [0.25, 0.3) is 0 Å². The lowest BCUT2D eigenvalue weighted by Gasteiger charge is -2.25. The summed E-state index contributed by atoms with van der Waals surface area (Å²) in [6.07, 6.45) is 0. The van der Waals surface area contributed by atoms with Crippen LogP contribution in [0.1, 0.15) is 20.8 Å². The number of hydrogen-bond donors (Lipinski definition) is 0. The maximum atomic E-state index is 12.8. The molecule has 2 aromatic rings. The second-order valence-corrected chi connectivity index (χ2v) is 7.67. The molecule has 0 heterocycles. The van der Waals surface area contributed by atoms with Crippen molar-refractivity contribution in [2.24, 2.45) is 5.41 Å². The van der Waals surface area contributed by atoms with Gasteiger partial charge in [-0.1, -0.05) is 81.4 Å². The number of carbonyl (C=O) groups excluding carboxylic acids is 1. The van der Waals surface area contributed by atoms with Gasteiger partial charge >= 0.3 is 0 Å². The third kappa shape index (κ3) is 3.30. The van der Waals surface area contributed by atoms with Crippen LogP contribution in [0.25, 0.3) is 0 Å². The molecule has 0 bridgehead atoms. The molecule has 0 aliphatic heterocycles. The third-order valence-electron chi connectivity index (χ3n) is 2.87. The number of benzene rings is 2. The lowest BCUT2D eigenvalue weighted by Crippen LogP contribution is -2.27. The molecule has 0 amide bonds. The van der Waals surface area contributed by atoms with Gasteiger partial charge in [-0.25, -0.2) is 0 Å². The highest BCUT2D eigenvalue weighted by Crippen LogP contribution is 2.41. The van der Waals surface area contributed by atoms with Crippen molar-refractivity contribution in [1.82, 2.24) is 0 Å². The van der Waals surface area contributed by atoms with Crippen molar-refractivity contribution < 1.29 is 4.79 Å². The van der Waals surface area contributed by atoms with Gasteiger partial charge in [0.1, 0.15) is 0 Å². The zero-order valence-corrected chi connectivity index (χ0v) is 12.5. The fourth-order valence-corrected chi connectivity index (χ4v) is 4.25. The molecular formula is C17H19OP. The Morgan fingerprint density at radius 2 is 1.16 bits per heavy atom. The Balaban J connectivity index is 2.49. The molecule has 19 heavy (non-hydrogen) atoms. The first-order chi connectivity index (χ1) is 9.00. The van der Waals surface area contributed by atoms with Crippen LogP contribution in [-0.4, -0.2) is 5.52 Å². The van der Waals surface area contributed by atoms with E-state index in [1.165, 1.54) is 0 Å². The van der Waals surface area contributed by atoms with Crippen LogP contribution in [0.15, 0.2) is 60.7 Å². The molecule has 98 valence electrons. The van der Waals surface area contributed by atoms with Crippen molar-refractivity contribution in [2.45, 2.75) is 20.8 Å². The molecule has 2 heteroatoms. The van der Waals surface area contributed by atoms with Gasteiger partial charge in [-0.15, -0.1) is 0 Å². The van der Waals surface area contributed by atoms with Crippen LogP contribution < -0.4 is 10.6 Å². The standard InChI is InChI=1S/C17H19OP/c1-17(2,3)16(18)19(14-10-6-4-7-11-14)15-12-8-5-9-13-15/h4-13H,1-3H3. The Kier molecular flexibility index (Phi) is 4.17. The Labute approximate surface area is 116 Å². The average molecular weight is 270 g/mol. The summed E-state index contributed by atoms with van der Waals surface area (Å²) in [5.41, 5.74) is -0.00269. The maximum Gasteiger partial charge on any atom is 0.168 e. The van der Waals surface area contributed by atoms with Crippen LogP contribution in [0.3, 0.4) is 0 Å². The topological polar surface area (TPSA) is 17.1 Å². The van der Waals surface area contributed by atoms with Crippen LogP contribution in [-0.2, 0) is 4.79 Å². The average Bonchev–Trinajstić information content (AvgIpc) is 2.40. The number of hydrogen-bond acceptors (Lipinski definition) is 1. The maximum absolute atomic E-state index is 12.8. The highest BCUT2D eigenvalue weighted by Gasteiger charge is 2.31. The van der Waals surface area contributed by atoms with E-state index in [1.54, 1.807) is 0 Å². The van der Waals surface area contributed by atoms with Gasteiger partial charge in [-0.05, 0) is 10.6 Å². The zero-order chi connectivity index (χ0) is 13.9. The summed E-state index contributed by atoms with van der Waals surface area (Å²) in [4.78, 5) is 12.8. The van der Waals surface area contributed by atoms with Gasteiger partial charge in [0.05, 0.1) is 0 Å². The lowest BCUT2D eigenvalue weighted by molar-refractivity contribution is -0.117. The van der Waals surface area contributed by atoms with Crippen LogP contribution >= 0.6 is 7.92 Å². The van der Waals surface area contributed by atoms with E-state index in [4.69, 9.17) is 0 Å². The van der Waals surface area contributed by atoms with Crippen LogP contribution in [0.4, 0.5) is 0 Å². The fourth-order valence-electron chi connectivity index (χ4n) is 1.87. The molecule has 0 saturated carbocycles. The Hall–Kier alpha value is -1.46. The van der Waals surface area contributed by atoms with Gasteiger partial charge in [0.15, 0.2) is 5.52 Å². The molecule has 2 rings (SSSR count). The molecule has 0 N–H and O–H groups in total. The fraction of sp³-hybridized carbons (Fsp3) is 0.235. The largest absolute Gasteiger partial charge is 0.293 e. The van der Waals surface area contributed by atoms with Crippen LogP contribution in [0.5, 0.6) is 0 Å².